The third-order valence-electron chi connectivity index (χ3n) is 7.16. The average Bonchev–Trinajstić information content (AvgIpc) is 3.40. The van der Waals surface area contributed by atoms with Crippen molar-refractivity contribution >= 4 is 54.9 Å². The highest BCUT2D eigenvalue weighted by atomic mass is 79.9. The molecule has 6 aromatic carbocycles. The molecule has 0 aliphatic carbocycles. The Kier molecular flexibility index (Phi) is 5.99. The molecule has 0 unspecified atom stereocenters. The van der Waals surface area contributed by atoms with Crippen LogP contribution in [0.1, 0.15) is 0 Å². The van der Waals surface area contributed by atoms with Gasteiger partial charge in [0, 0.05) is 22.1 Å². The predicted molar refractivity (Wildman–Crippen MR) is 167 cm³/mol. The Morgan fingerprint density at radius 2 is 0.872 bits per heavy atom. The van der Waals surface area contributed by atoms with E-state index in [0.29, 0.717) is 0 Å². The minimum absolute atomic E-state index is 0.860. The second-order valence-corrected chi connectivity index (χ2v) is 10.4. The van der Waals surface area contributed by atoms with Crippen molar-refractivity contribution in [2.24, 2.45) is 0 Å². The van der Waals surface area contributed by atoms with Gasteiger partial charge in [-0.3, -0.25) is 0 Å². The van der Waals surface area contributed by atoms with E-state index in [1.807, 2.05) is 18.2 Å². The molecule has 0 bridgehead atoms. The second-order valence-electron chi connectivity index (χ2n) is 9.53. The van der Waals surface area contributed by atoms with Crippen LogP contribution in [-0.2, 0) is 0 Å². The van der Waals surface area contributed by atoms with Gasteiger partial charge in [0.25, 0.3) is 0 Å². The molecule has 3 heteroatoms. The first-order valence-corrected chi connectivity index (χ1v) is 13.8. The number of hydrogen-bond donors (Lipinski definition) is 0. The zero-order chi connectivity index (χ0) is 26.2. The van der Waals surface area contributed by atoms with Crippen LogP contribution in [-0.4, -0.2) is 0 Å². The summed E-state index contributed by atoms with van der Waals surface area (Å²) in [5.74, 6) is 0. The highest BCUT2D eigenvalue weighted by Crippen LogP contribution is 2.43. The summed E-state index contributed by atoms with van der Waals surface area (Å²) in [5, 5.41) is 2.19. The average molecular weight is 566 g/mol. The minimum Gasteiger partial charge on any atom is -0.453 e. The number of anilines is 3. The molecule has 1 aromatic heterocycles. The van der Waals surface area contributed by atoms with Gasteiger partial charge in [0.15, 0.2) is 5.58 Å². The van der Waals surface area contributed by atoms with Crippen LogP contribution in [0.2, 0.25) is 0 Å². The monoisotopic (exact) mass is 565 g/mol. The SMILES string of the molecule is Brc1cccc2c1oc1c(N(c3ccc(-c4ccccc4)cc3)c3ccc(-c4ccccc4)cc3)cccc12. The Morgan fingerprint density at radius 1 is 0.410 bits per heavy atom. The molecule has 7 rings (SSSR count). The molecule has 1 heterocycles. The van der Waals surface area contributed by atoms with Crippen LogP contribution in [0.25, 0.3) is 44.2 Å². The molecule has 0 amide bonds. The smallest absolute Gasteiger partial charge is 0.159 e. The maximum absolute atomic E-state index is 6.54. The van der Waals surface area contributed by atoms with Gasteiger partial charge >= 0.3 is 0 Å². The van der Waals surface area contributed by atoms with Gasteiger partial charge in [0.2, 0.25) is 0 Å². The third kappa shape index (κ3) is 4.31. The molecule has 0 atom stereocenters. The number of rotatable bonds is 5. The Bertz CT molecular complexity index is 1810. The summed E-state index contributed by atoms with van der Waals surface area (Å²) in [6.07, 6.45) is 0. The number of hydrogen-bond acceptors (Lipinski definition) is 2. The molecule has 0 N–H and O–H groups in total. The van der Waals surface area contributed by atoms with Crippen molar-refractivity contribution in [1.29, 1.82) is 0 Å². The normalized spacial score (nSPS) is 11.2. The zero-order valence-corrected chi connectivity index (χ0v) is 22.7. The van der Waals surface area contributed by atoms with Crippen LogP contribution >= 0.6 is 15.9 Å². The molecular weight excluding hydrogens is 542 g/mol. The molecule has 2 nitrogen and oxygen atoms in total. The largest absolute Gasteiger partial charge is 0.453 e. The molecule has 186 valence electrons. The first-order chi connectivity index (χ1) is 19.3. The van der Waals surface area contributed by atoms with Crippen LogP contribution in [0, 0.1) is 0 Å². The van der Waals surface area contributed by atoms with E-state index in [-0.39, 0.29) is 0 Å². The fraction of sp³-hybridized carbons (Fsp3) is 0. The Morgan fingerprint density at radius 3 is 1.41 bits per heavy atom. The lowest BCUT2D eigenvalue weighted by Gasteiger charge is -2.26. The van der Waals surface area contributed by atoms with E-state index < -0.39 is 0 Å². The molecule has 0 saturated carbocycles. The van der Waals surface area contributed by atoms with Crippen LogP contribution in [0.3, 0.4) is 0 Å². The Hall–Kier alpha value is -4.60. The van der Waals surface area contributed by atoms with E-state index in [9.17, 15) is 0 Å². The summed E-state index contributed by atoms with van der Waals surface area (Å²) in [6.45, 7) is 0. The molecule has 0 radical (unpaired) electrons. The van der Waals surface area contributed by atoms with Gasteiger partial charge in [0.1, 0.15) is 5.58 Å². The first-order valence-electron chi connectivity index (χ1n) is 13.0. The second kappa shape index (κ2) is 9.94. The molecule has 39 heavy (non-hydrogen) atoms. The molecule has 0 aliphatic heterocycles. The van der Waals surface area contributed by atoms with Gasteiger partial charge in [-0.1, -0.05) is 109 Å². The summed E-state index contributed by atoms with van der Waals surface area (Å²) in [5.41, 5.74) is 9.62. The fourth-order valence-corrected chi connectivity index (χ4v) is 5.69. The van der Waals surface area contributed by atoms with E-state index >= 15 is 0 Å². The van der Waals surface area contributed by atoms with Gasteiger partial charge in [-0.25, -0.2) is 0 Å². The third-order valence-corrected chi connectivity index (χ3v) is 7.79. The highest BCUT2D eigenvalue weighted by molar-refractivity contribution is 9.10. The summed E-state index contributed by atoms with van der Waals surface area (Å²) in [4.78, 5) is 2.28. The zero-order valence-electron chi connectivity index (χ0n) is 21.1. The van der Waals surface area contributed by atoms with Crippen molar-refractivity contribution in [3.63, 3.8) is 0 Å². The molecule has 0 saturated heterocycles. The summed E-state index contributed by atoms with van der Waals surface area (Å²) in [6, 6.07) is 51.0. The quantitative estimate of drug-likeness (QED) is 0.206. The van der Waals surface area contributed by atoms with Crippen molar-refractivity contribution in [2.45, 2.75) is 0 Å². The topological polar surface area (TPSA) is 16.4 Å². The van der Waals surface area contributed by atoms with Gasteiger partial charge < -0.3 is 9.32 Å². The number of para-hydroxylation sites is 2. The van der Waals surface area contributed by atoms with Gasteiger partial charge in [-0.05, 0) is 74.6 Å². The maximum Gasteiger partial charge on any atom is 0.159 e. The summed E-state index contributed by atoms with van der Waals surface area (Å²) >= 11 is 3.68. The standard InChI is InChI=1S/C36H24BrNO/c37-33-15-7-13-31-32-14-8-16-34(36(32)39-35(31)33)38(29-21-17-27(18-22-29)25-9-3-1-4-10-25)30-23-19-28(20-24-30)26-11-5-2-6-12-26/h1-24H. The lowest BCUT2D eigenvalue weighted by molar-refractivity contribution is 0.667. The van der Waals surface area contributed by atoms with Gasteiger partial charge in [-0.2, -0.15) is 0 Å². The molecule has 0 aliphatic rings. The van der Waals surface area contributed by atoms with Crippen LogP contribution in [0.5, 0.6) is 0 Å². The molecule has 0 fully saturated rings. The molecule has 0 spiro atoms. The highest BCUT2D eigenvalue weighted by Gasteiger charge is 2.20. The van der Waals surface area contributed by atoms with E-state index in [4.69, 9.17) is 4.42 Å². The molecule has 7 aromatic rings. The number of furan rings is 1. The summed E-state index contributed by atoms with van der Waals surface area (Å²) in [7, 11) is 0. The lowest BCUT2D eigenvalue weighted by Crippen LogP contribution is -2.10. The van der Waals surface area contributed by atoms with E-state index in [1.54, 1.807) is 0 Å². The van der Waals surface area contributed by atoms with Crippen molar-refractivity contribution in [3.05, 3.63) is 150 Å². The first kappa shape index (κ1) is 23.5. The van der Waals surface area contributed by atoms with Crippen LogP contribution in [0.4, 0.5) is 17.1 Å². The van der Waals surface area contributed by atoms with Crippen molar-refractivity contribution < 1.29 is 4.42 Å². The minimum atomic E-state index is 0.860. The fourth-order valence-electron chi connectivity index (χ4n) is 5.24. The Balaban J connectivity index is 1.40. The van der Waals surface area contributed by atoms with Crippen LogP contribution in [0.15, 0.2) is 154 Å². The number of halogens is 1. The van der Waals surface area contributed by atoms with Crippen molar-refractivity contribution in [3.8, 4) is 22.3 Å². The molecular formula is C36H24BrNO. The lowest BCUT2D eigenvalue weighted by atomic mass is 10.0. The number of fused-ring (bicyclic) bond motifs is 3. The van der Waals surface area contributed by atoms with E-state index in [2.05, 4.69) is 148 Å². The Labute approximate surface area is 235 Å². The number of nitrogens with zero attached hydrogens (tertiary/aromatic N) is 1. The van der Waals surface area contributed by atoms with Gasteiger partial charge in [-0.15, -0.1) is 0 Å². The number of benzene rings is 6. The van der Waals surface area contributed by atoms with Crippen molar-refractivity contribution in [1.82, 2.24) is 0 Å². The van der Waals surface area contributed by atoms with Crippen molar-refractivity contribution in [2.75, 3.05) is 4.90 Å². The van der Waals surface area contributed by atoms with E-state index in [0.717, 1.165) is 43.5 Å². The van der Waals surface area contributed by atoms with Crippen LogP contribution < -0.4 is 4.90 Å². The predicted octanol–water partition coefficient (Wildman–Crippen LogP) is 11.2. The maximum atomic E-state index is 6.54. The van der Waals surface area contributed by atoms with E-state index in [1.165, 1.54) is 22.3 Å². The van der Waals surface area contributed by atoms with Gasteiger partial charge in [0.05, 0.1) is 10.2 Å². The summed E-state index contributed by atoms with van der Waals surface area (Å²) < 4.78 is 7.49.